The average Bonchev–Trinajstić information content (AvgIpc) is 2.68. The van der Waals surface area contributed by atoms with E-state index < -0.39 is 5.97 Å². The zero-order valence-electron chi connectivity index (χ0n) is 8.88. The van der Waals surface area contributed by atoms with Crippen LogP contribution in [0.2, 0.25) is 0 Å². The standard InChI is InChI=1S/C10H8BrN3O3/c1-17-8(15)5-7-10(13-16)14-4-2-3-6(11)9(14)12-7/h2-4H,5H2,1H3. The Bertz CT molecular complexity index is 594. The zero-order valence-corrected chi connectivity index (χ0v) is 10.5. The molecule has 0 aromatic carbocycles. The van der Waals surface area contributed by atoms with Crippen molar-refractivity contribution in [3.8, 4) is 0 Å². The smallest absolute Gasteiger partial charge is 0.311 e. The fourth-order valence-corrected chi connectivity index (χ4v) is 1.93. The number of nitroso groups, excluding NO2 is 1. The summed E-state index contributed by atoms with van der Waals surface area (Å²) in [7, 11) is 1.28. The van der Waals surface area contributed by atoms with Crippen molar-refractivity contribution in [3.63, 3.8) is 0 Å². The summed E-state index contributed by atoms with van der Waals surface area (Å²) in [6, 6.07) is 3.54. The monoisotopic (exact) mass is 297 g/mol. The molecule has 0 saturated heterocycles. The van der Waals surface area contributed by atoms with Crippen molar-refractivity contribution in [1.29, 1.82) is 0 Å². The molecule has 2 aromatic rings. The molecule has 0 atom stereocenters. The van der Waals surface area contributed by atoms with Crippen molar-refractivity contribution in [2.24, 2.45) is 5.18 Å². The van der Waals surface area contributed by atoms with E-state index in [0.717, 1.165) is 4.47 Å². The maximum Gasteiger partial charge on any atom is 0.311 e. The van der Waals surface area contributed by atoms with Crippen LogP contribution in [0.4, 0.5) is 5.82 Å². The van der Waals surface area contributed by atoms with Crippen molar-refractivity contribution >= 4 is 33.4 Å². The lowest BCUT2D eigenvalue weighted by atomic mass is 10.3. The molecule has 2 rings (SSSR count). The number of aromatic nitrogens is 2. The van der Waals surface area contributed by atoms with Gasteiger partial charge in [-0.2, -0.15) is 0 Å². The number of hydrogen-bond donors (Lipinski definition) is 0. The molecular weight excluding hydrogens is 290 g/mol. The first-order valence-electron chi connectivity index (χ1n) is 4.73. The van der Waals surface area contributed by atoms with E-state index in [2.05, 4.69) is 30.8 Å². The molecule has 0 fully saturated rings. The van der Waals surface area contributed by atoms with Gasteiger partial charge in [0.2, 0.25) is 5.82 Å². The Morgan fingerprint density at radius 1 is 1.65 bits per heavy atom. The minimum atomic E-state index is -0.463. The van der Waals surface area contributed by atoms with E-state index in [1.165, 1.54) is 11.5 Å². The molecule has 0 aliphatic rings. The number of pyridine rings is 1. The van der Waals surface area contributed by atoms with Gasteiger partial charge in [-0.1, -0.05) is 0 Å². The highest BCUT2D eigenvalue weighted by molar-refractivity contribution is 9.10. The van der Waals surface area contributed by atoms with E-state index in [0.29, 0.717) is 11.3 Å². The summed E-state index contributed by atoms with van der Waals surface area (Å²) in [4.78, 5) is 26.2. The maximum atomic E-state index is 11.2. The van der Waals surface area contributed by atoms with Gasteiger partial charge in [-0.25, -0.2) is 4.98 Å². The lowest BCUT2D eigenvalue weighted by Crippen LogP contribution is -2.04. The van der Waals surface area contributed by atoms with Crippen LogP contribution < -0.4 is 0 Å². The Morgan fingerprint density at radius 3 is 3.06 bits per heavy atom. The number of esters is 1. The highest BCUT2D eigenvalue weighted by Crippen LogP contribution is 2.26. The lowest BCUT2D eigenvalue weighted by Gasteiger charge is -1.96. The second-order valence-electron chi connectivity index (χ2n) is 3.28. The number of halogens is 1. The van der Waals surface area contributed by atoms with E-state index >= 15 is 0 Å². The number of hydrogen-bond acceptors (Lipinski definition) is 5. The number of carbonyl (C=O) groups is 1. The van der Waals surface area contributed by atoms with E-state index in [1.807, 2.05) is 0 Å². The second kappa shape index (κ2) is 4.62. The summed E-state index contributed by atoms with van der Waals surface area (Å²) in [5.41, 5.74) is 0.847. The number of imidazole rings is 1. The SMILES string of the molecule is COC(=O)Cc1nc2c(Br)cccn2c1N=O. The molecule has 2 aromatic heterocycles. The Balaban J connectivity index is 2.59. The van der Waals surface area contributed by atoms with Gasteiger partial charge in [0, 0.05) is 6.20 Å². The van der Waals surface area contributed by atoms with E-state index in [4.69, 9.17) is 0 Å². The molecule has 0 N–H and O–H groups in total. The molecule has 0 radical (unpaired) electrons. The molecular formula is C10H8BrN3O3. The van der Waals surface area contributed by atoms with Gasteiger partial charge < -0.3 is 4.74 Å². The van der Waals surface area contributed by atoms with Gasteiger partial charge in [0.1, 0.15) is 5.69 Å². The fraction of sp³-hybridized carbons (Fsp3) is 0.200. The molecule has 88 valence electrons. The van der Waals surface area contributed by atoms with Gasteiger partial charge in [0.15, 0.2) is 5.65 Å². The van der Waals surface area contributed by atoms with Crippen LogP contribution in [-0.4, -0.2) is 22.5 Å². The summed E-state index contributed by atoms with van der Waals surface area (Å²) in [6.07, 6.45) is 1.58. The summed E-state index contributed by atoms with van der Waals surface area (Å²) in [5.74, 6) is -0.346. The molecule has 0 saturated carbocycles. The van der Waals surface area contributed by atoms with Crippen molar-refractivity contribution in [3.05, 3.63) is 33.4 Å². The van der Waals surface area contributed by atoms with Crippen LogP contribution in [0.1, 0.15) is 5.69 Å². The molecule has 17 heavy (non-hydrogen) atoms. The number of fused-ring (bicyclic) bond motifs is 1. The van der Waals surface area contributed by atoms with Gasteiger partial charge >= 0.3 is 5.97 Å². The predicted molar refractivity (Wildman–Crippen MR) is 64.1 cm³/mol. The molecule has 0 bridgehead atoms. The first-order chi connectivity index (χ1) is 8.17. The number of nitrogens with zero attached hydrogens (tertiary/aromatic N) is 3. The molecule has 0 unspecified atom stereocenters. The van der Waals surface area contributed by atoms with E-state index in [9.17, 15) is 9.70 Å². The normalized spacial score (nSPS) is 10.5. The minimum absolute atomic E-state index is 0.0777. The molecule has 0 aliphatic carbocycles. The van der Waals surface area contributed by atoms with Crippen LogP contribution in [0.25, 0.3) is 5.65 Å². The first kappa shape index (κ1) is 11.7. The summed E-state index contributed by atoms with van der Waals surface area (Å²) in [5, 5.41) is 2.91. The van der Waals surface area contributed by atoms with Gasteiger partial charge in [0.25, 0.3) is 0 Å². The lowest BCUT2D eigenvalue weighted by molar-refractivity contribution is -0.139. The third kappa shape index (κ3) is 2.05. The maximum absolute atomic E-state index is 11.2. The Hall–Kier alpha value is -1.76. The number of carbonyl (C=O) groups excluding carboxylic acids is 1. The topological polar surface area (TPSA) is 73.0 Å². The molecule has 6 nitrogen and oxygen atoms in total. The van der Waals surface area contributed by atoms with Gasteiger partial charge in [-0.15, -0.1) is 4.91 Å². The average molecular weight is 298 g/mol. The Kier molecular flexibility index (Phi) is 3.19. The van der Waals surface area contributed by atoms with Gasteiger partial charge in [-0.3, -0.25) is 9.20 Å². The Labute approximate surface area is 105 Å². The summed E-state index contributed by atoms with van der Waals surface area (Å²) in [6.45, 7) is 0. The fourth-order valence-electron chi connectivity index (χ4n) is 1.49. The molecule has 0 amide bonds. The van der Waals surface area contributed by atoms with Crippen molar-refractivity contribution in [2.45, 2.75) is 6.42 Å². The van der Waals surface area contributed by atoms with E-state index in [1.54, 1.807) is 18.3 Å². The van der Waals surface area contributed by atoms with Gasteiger partial charge in [0.05, 0.1) is 18.0 Å². The summed E-state index contributed by atoms with van der Waals surface area (Å²) >= 11 is 3.31. The van der Waals surface area contributed by atoms with Crippen LogP contribution in [0.5, 0.6) is 0 Å². The van der Waals surface area contributed by atoms with Crippen LogP contribution in [0.3, 0.4) is 0 Å². The van der Waals surface area contributed by atoms with Crippen molar-refractivity contribution in [1.82, 2.24) is 9.38 Å². The third-order valence-electron chi connectivity index (χ3n) is 2.27. The molecule has 0 spiro atoms. The minimum Gasteiger partial charge on any atom is -0.469 e. The molecule has 7 heteroatoms. The van der Waals surface area contributed by atoms with Crippen molar-refractivity contribution in [2.75, 3.05) is 7.11 Å². The summed E-state index contributed by atoms with van der Waals surface area (Å²) < 4.78 is 6.78. The molecule has 2 heterocycles. The quantitative estimate of drug-likeness (QED) is 0.643. The number of ether oxygens (including phenoxy) is 1. The first-order valence-corrected chi connectivity index (χ1v) is 5.52. The Morgan fingerprint density at radius 2 is 2.41 bits per heavy atom. The van der Waals surface area contributed by atoms with Crippen LogP contribution in [0.15, 0.2) is 28.0 Å². The number of rotatable bonds is 3. The van der Waals surface area contributed by atoms with E-state index in [-0.39, 0.29) is 12.2 Å². The van der Waals surface area contributed by atoms with Crippen LogP contribution in [-0.2, 0) is 16.0 Å². The highest BCUT2D eigenvalue weighted by atomic mass is 79.9. The van der Waals surface area contributed by atoms with Gasteiger partial charge in [-0.05, 0) is 33.2 Å². The van der Waals surface area contributed by atoms with Crippen LogP contribution in [0, 0.1) is 4.91 Å². The van der Waals surface area contributed by atoms with Crippen molar-refractivity contribution < 1.29 is 9.53 Å². The second-order valence-corrected chi connectivity index (χ2v) is 4.13. The third-order valence-corrected chi connectivity index (χ3v) is 2.89. The zero-order chi connectivity index (χ0) is 12.4. The molecule has 0 aliphatic heterocycles. The number of methoxy groups -OCH3 is 1. The highest BCUT2D eigenvalue weighted by Gasteiger charge is 2.17. The predicted octanol–water partition coefficient (Wildman–Crippen LogP) is 2.21. The largest absolute Gasteiger partial charge is 0.469 e. The van der Waals surface area contributed by atoms with Crippen LogP contribution >= 0.6 is 15.9 Å².